The third-order valence-electron chi connectivity index (χ3n) is 8.80. The molecule has 7 atom stereocenters. The molecular formula is C21H34O2. The van der Waals surface area contributed by atoms with Gasteiger partial charge >= 0.3 is 5.97 Å². The van der Waals surface area contributed by atoms with Gasteiger partial charge in [-0.25, -0.2) is 0 Å². The first-order valence-corrected chi connectivity index (χ1v) is 10.1. The minimum Gasteiger partial charge on any atom is -0.462 e. The average Bonchev–Trinajstić information content (AvgIpc) is 2.83. The number of ether oxygens (including phenoxy) is 1. The van der Waals surface area contributed by atoms with Gasteiger partial charge in [-0.15, -0.1) is 0 Å². The van der Waals surface area contributed by atoms with Crippen LogP contribution in [0.3, 0.4) is 0 Å². The van der Waals surface area contributed by atoms with E-state index in [2.05, 4.69) is 13.8 Å². The van der Waals surface area contributed by atoms with Gasteiger partial charge in [0, 0.05) is 12.3 Å². The highest BCUT2D eigenvalue weighted by Crippen LogP contribution is 2.66. The average molecular weight is 319 g/mol. The Morgan fingerprint density at radius 1 is 0.870 bits per heavy atom. The number of hydrogen-bond donors (Lipinski definition) is 0. The summed E-state index contributed by atoms with van der Waals surface area (Å²) in [6.07, 6.45) is 14.0. The molecule has 23 heavy (non-hydrogen) atoms. The lowest BCUT2D eigenvalue weighted by atomic mass is 9.45. The van der Waals surface area contributed by atoms with E-state index in [0.29, 0.717) is 5.41 Å². The van der Waals surface area contributed by atoms with Gasteiger partial charge in [0.25, 0.3) is 0 Å². The molecule has 0 amide bonds. The molecule has 4 rings (SSSR count). The summed E-state index contributed by atoms with van der Waals surface area (Å²) in [6, 6.07) is 0. The summed E-state index contributed by atoms with van der Waals surface area (Å²) in [5.74, 6) is 3.55. The quantitative estimate of drug-likeness (QED) is 0.609. The molecule has 0 spiro atoms. The summed E-state index contributed by atoms with van der Waals surface area (Å²) in [7, 11) is 0. The lowest BCUT2D eigenvalue weighted by Crippen LogP contribution is -2.53. The Morgan fingerprint density at radius 2 is 1.65 bits per heavy atom. The van der Waals surface area contributed by atoms with Gasteiger partial charge in [-0.05, 0) is 80.5 Å². The van der Waals surface area contributed by atoms with E-state index in [-0.39, 0.29) is 17.5 Å². The van der Waals surface area contributed by atoms with Crippen molar-refractivity contribution in [3.63, 3.8) is 0 Å². The molecule has 0 radical (unpaired) electrons. The van der Waals surface area contributed by atoms with Crippen molar-refractivity contribution in [2.24, 2.45) is 34.5 Å². The van der Waals surface area contributed by atoms with E-state index < -0.39 is 0 Å². The fraction of sp³-hybridized carbons (Fsp3) is 0.952. The molecule has 0 heterocycles. The predicted octanol–water partition coefficient (Wildman–Crippen LogP) is 5.35. The van der Waals surface area contributed by atoms with E-state index in [1.807, 2.05) is 0 Å². The number of rotatable bonds is 1. The van der Waals surface area contributed by atoms with Gasteiger partial charge in [0.2, 0.25) is 0 Å². The van der Waals surface area contributed by atoms with Crippen LogP contribution >= 0.6 is 0 Å². The Labute approximate surface area is 141 Å². The molecule has 0 saturated heterocycles. The maximum absolute atomic E-state index is 11.5. The fourth-order valence-corrected chi connectivity index (χ4v) is 7.64. The minimum atomic E-state index is -0.0815. The third kappa shape index (κ3) is 2.30. The lowest BCUT2D eigenvalue weighted by Gasteiger charge is -2.60. The van der Waals surface area contributed by atoms with E-state index in [0.717, 1.165) is 30.1 Å². The van der Waals surface area contributed by atoms with E-state index in [1.54, 1.807) is 6.92 Å². The first kappa shape index (κ1) is 16.0. The normalized spacial score (nSPS) is 52.2. The van der Waals surface area contributed by atoms with Crippen LogP contribution < -0.4 is 0 Å². The lowest BCUT2D eigenvalue weighted by molar-refractivity contribution is -0.161. The second-order valence-electron chi connectivity index (χ2n) is 9.62. The van der Waals surface area contributed by atoms with Crippen LogP contribution in [-0.2, 0) is 9.53 Å². The van der Waals surface area contributed by atoms with Crippen LogP contribution in [-0.4, -0.2) is 12.1 Å². The number of carbonyl (C=O) groups excluding carboxylic acids is 1. The fourth-order valence-electron chi connectivity index (χ4n) is 7.64. The Hall–Kier alpha value is -0.530. The van der Waals surface area contributed by atoms with Crippen LogP contribution in [0.2, 0.25) is 0 Å². The Morgan fingerprint density at radius 3 is 2.43 bits per heavy atom. The molecule has 4 fully saturated rings. The molecule has 0 N–H and O–H groups in total. The zero-order chi connectivity index (χ0) is 16.2. The predicted molar refractivity (Wildman–Crippen MR) is 91.9 cm³/mol. The zero-order valence-corrected chi connectivity index (χ0v) is 15.3. The number of carbonyl (C=O) groups is 1. The van der Waals surface area contributed by atoms with E-state index >= 15 is 0 Å². The van der Waals surface area contributed by atoms with E-state index in [9.17, 15) is 4.79 Å². The van der Waals surface area contributed by atoms with Gasteiger partial charge in [-0.2, -0.15) is 0 Å². The summed E-state index contributed by atoms with van der Waals surface area (Å²) >= 11 is 0. The van der Waals surface area contributed by atoms with Gasteiger partial charge in [-0.3, -0.25) is 4.79 Å². The highest BCUT2D eigenvalue weighted by Gasteiger charge is 2.60. The molecule has 2 heteroatoms. The van der Waals surface area contributed by atoms with Gasteiger partial charge < -0.3 is 4.74 Å². The van der Waals surface area contributed by atoms with Crippen molar-refractivity contribution >= 4 is 5.97 Å². The first-order chi connectivity index (χ1) is 10.9. The van der Waals surface area contributed by atoms with Gasteiger partial charge in [-0.1, -0.05) is 26.7 Å². The molecule has 0 aliphatic heterocycles. The highest BCUT2D eigenvalue weighted by molar-refractivity contribution is 5.66. The van der Waals surface area contributed by atoms with Crippen LogP contribution in [0.4, 0.5) is 0 Å². The Kier molecular flexibility index (Phi) is 3.81. The van der Waals surface area contributed by atoms with Gasteiger partial charge in [0.05, 0.1) is 0 Å². The standard InChI is InChI=1S/C21H34O2/c1-14(22)23-19-10-9-17-16-8-7-15-6-4-5-12-20(15,2)18(16)11-13-21(17,19)3/h15-19H,4-13H2,1-3H3/t15-,16?,17?,18?,19?,20+,21+/m1/s1. The van der Waals surface area contributed by atoms with Crippen molar-refractivity contribution in [2.75, 3.05) is 0 Å². The van der Waals surface area contributed by atoms with Crippen molar-refractivity contribution in [3.8, 4) is 0 Å². The number of esters is 1. The van der Waals surface area contributed by atoms with Gasteiger partial charge in [0.15, 0.2) is 0 Å². The molecule has 4 saturated carbocycles. The first-order valence-electron chi connectivity index (χ1n) is 10.1. The monoisotopic (exact) mass is 318 g/mol. The zero-order valence-electron chi connectivity index (χ0n) is 15.3. The molecule has 4 aliphatic rings. The molecule has 4 aliphatic carbocycles. The highest BCUT2D eigenvalue weighted by atomic mass is 16.5. The maximum Gasteiger partial charge on any atom is 0.302 e. The van der Waals surface area contributed by atoms with E-state index in [1.165, 1.54) is 57.8 Å². The summed E-state index contributed by atoms with van der Waals surface area (Å²) in [5.41, 5.74) is 0.868. The van der Waals surface area contributed by atoms with Crippen LogP contribution in [0.5, 0.6) is 0 Å². The molecule has 0 aromatic carbocycles. The van der Waals surface area contributed by atoms with Crippen molar-refractivity contribution < 1.29 is 9.53 Å². The second kappa shape index (κ2) is 5.49. The van der Waals surface area contributed by atoms with Crippen molar-refractivity contribution in [1.82, 2.24) is 0 Å². The number of fused-ring (bicyclic) bond motifs is 5. The summed E-state index contributed by atoms with van der Waals surface area (Å²) in [6.45, 7) is 6.65. The van der Waals surface area contributed by atoms with Gasteiger partial charge in [0.1, 0.15) is 6.10 Å². The van der Waals surface area contributed by atoms with Crippen molar-refractivity contribution in [2.45, 2.75) is 91.1 Å². The SMILES string of the molecule is CC(=O)OC1CCC2C3CC[C@H]4CCCC[C@]4(C)C3CC[C@]12C. The molecular weight excluding hydrogens is 284 g/mol. The summed E-state index contributed by atoms with van der Waals surface area (Å²) in [5, 5.41) is 0. The molecule has 0 aromatic heterocycles. The largest absolute Gasteiger partial charge is 0.462 e. The molecule has 130 valence electrons. The molecule has 0 aromatic rings. The van der Waals surface area contributed by atoms with Crippen LogP contribution in [0.15, 0.2) is 0 Å². The number of hydrogen-bond acceptors (Lipinski definition) is 2. The Bertz CT molecular complexity index is 486. The van der Waals surface area contributed by atoms with Crippen molar-refractivity contribution in [3.05, 3.63) is 0 Å². The minimum absolute atomic E-state index is 0.0815. The third-order valence-corrected chi connectivity index (χ3v) is 8.80. The Balaban J connectivity index is 1.59. The molecule has 4 unspecified atom stereocenters. The van der Waals surface area contributed by atoms with Crippen molar-refractivity contribution in [1.29, 1.82) is 0 Å². The van der Waals surface area contributed by atoms with Crippen LogP contribution in [0.25, 0.3) is 0 Å². The smallest absolute Gasteiger partial charge is 0.302 e. The molecule has 2 nitrogen and oxygen atoms in total. The summed E-state index contributed by atoms with van der Waals surface area (Å²) in [4.78, 5) is 11.5. The van der Waals surface area contributed by atoms with Crippen LogP contribution in [0.1, 0.15) is 85.0 Å². The molecule has 0 bridgehead atoms. The topological polar surface area (TPSA) is 26.3 Å². The van der Waals surface area contributed by atoms with Crippen LogP contribution in [0, 0.1) is 34.5 Å². The summed E-state index contributed by atoms with van der Waals surface area (Å²) < 4.78 is 5.76. The van der Waals surface area contributed by atoms with E-state index in [4.69, 9.17) is 4.74 Å². The maximum atomic E-state index is 11.5. The second-order valence-corrected chi connectivity index (χ2v) is 9.62.